The Morgan fingerprint density at radius 2 is 2.11 bits per heavy atom. The number of carbonyl (C=O) groups excluding carboxylic acids is 1. The highest BCUT2D eigenvalue weighted by Crippen LogP contribution is 2.39. The summed E-state index contributed by atoms with van der Waals surface area (Å²) < 4.78 is 4.83. The van der Waals surface area contributed by atoms with E-state index in [1.54, 1.807) is 0 Å². The van der Waals surface area contributed by atoms with E-state index in [0.29, 0.717) is 5.92 Å². The van der Waals surface area contributed by atoms with Crippen LogP contribution in [0.4, 0.5) is 0 Å². The number of allylic oxidation sites excluding steroid dienone is 3. The van der Waals surface area contributed by atoms with Gasteiger partial charge in [0.25, 0.3) is 0 Å². The predicted molar refractivity (Wildman–Crippen MR) is 75.5 cm³/mol. The molecular weight excluding hydrogens is 236 g/mol. The number of hydrogen-bond acceptors (Lipinski definition) is 2. The van der Waals surface area contributed by atoms with Crippen LogP contribution in [0.25, 0.3) is 5.57 Å². The van der Waals surface area contributed by atoms with E-state index < -0.39 is 0 Å². The van der Waals surface area contributed by atoms with E-state index in [4.69, 9.17) is 4.74 Å². The van der Waals surface area contributed by atoms with Gasteiger partial charge in [-0.25, -0.2) is 0 Å². The monoisotopic (exact) mass is 254 g/mol. The molecule has 2 aliphatic carbocycles. The highest BCUT2D eigenvalue weighted by molar-refractivity contribution is 5.78. The lowest BCUT2D eigenvalue weighted by Crippen LogP contribution is -2.14. The van der Waals surface area contributed by atoms with Gasteiger partial charge in [-0.3, -0.25) is 4.79 Å². The Balaban J connectivity index is 1.83. The second-order valence-electron chi connectivity index (χ2n) is 5.21. The summed E-state index contributed by atoms with van der Waals surface area (Å²) in [5, 5.41) is 0. The van der Waals surface area contributed by atoms with Gasteiger partial charge in [-0.1, -0.05) is 42.5 Å². The molecule has 0 bridgehead atoms. The normalized spacial score (nSPS) is 24.8. The average Bonchev–Trinajstić information content (AvgIpc) is 2.95. The van der Waals surface area contributed by atoms with E-state index in [0.717, 1.165) is 19.3 Å². The van der Waals surface area contributed by atoms with Crippen molar-refractivity contribution in [3.8, 4) is 0 Å². The van der Waals surface area contributed by atoms with Crippen LogP contribution >= 0.6 is 0 Å². The largest absolute Gasteiger partial charge is 0.469 e. The highest BCUT2D eigenvalue weighted by Gasteiger charge is 2.29. The zero-order chi connectivity index (χ0) is 13.2. The van der Waals surface area contributed by atoms with Crippen LogP contribution in [0.15, 0.2) is 42.5 Å². The van der Waals surface area contributed by atoms with E-state index in [2.05, 4.69) is 36.4 Å². The van der Waals surface area contributed by atoms with Crippen LogP contribution < -0.4 is 0 Å². The minimum atomic E-state index is -0.122. The van der Waals surface area contributed by atoms with Crippen molar-refractivity contribution in [1.29, 1.82) is 0 Å². The molecule has 0 aromatic heterocycles. The maximum Gasteiger partial charge on any atom is 0.312 e. The molecule has 0 spiro atoms. The van der Waals surface area contributed by atoms with E-state index in [1.807, 2.05) is 6.08 Å². The van der Waals surface area contributed by atoms with Crippen molar-refractivity contribution in [2.24, 2.45) is 11.8 Å². The Morgan fingerprint density at radius 1 is 1.26 bits per heavy atom. The lowest BCUT2D eigenvalue weighted by molar-refractivity contribution is -0.143. The van der Waals surface area contributed by atoms with Gasteiger partial charge in [0.15, 0.2) is 0 Å². The molecule has 2 atom stereocenters. The molecule has 19 heavy (non-hydrogen) atoms. The molecule has 0 heterocycles. The molecule has 0 unspecified atom stereocenters. The summed E-state index contributed by atoms with van der Waals surface area (Å²) >= 11 is 0. The Kier molecular flexibility index (Phi) is 3.24. The predicted octanol–water partition coefficient (Wildman–Crippen LogP) is 3.38. The SMILES string of the molecule is COC(=O)[C@@H]1C=C[C@@H](C2=CCCc3ccccc32)C1. The fourth-order valence-corrected chi connectivity index (χ4v) is 3.12. The van der Waals surface area contributed by atoms with E-state index in [1.165, 1.54) is 23.8 Å². The molecule has 2 aliphatic rings. The third-order valence-corrected chi connectivity index (χ3v) is 4.09. The van der Waals surface area contributed by atoms with Crippen LogP contribution in [0.1, 0.15) is 24.0 Å². The standard InChI is InChI=1S/C17H18O2/c1-19-17(18)14-10-9-13(11-14)16-8-4-6-12-5-2-3-7-15(12)16/h2-3,5,7-10,13-14H,4,6,11H2,1H3/t13-,14-/m1/s1. The highest BCUT2D eigenvalue weighted by atomic mass is 16.5. The van der Waals surface area contributed by atoms with Gasteiger partial charge in [0.2, 0.25) is 0 Å². The third-order valence-electron chi connectivity index (χ3n) is 4.09. The van der Waals surface area contributed by atoms with Gasteiger partial charge >= 0.3 is 5.97 Å². The number of aryl methyl sites for hydroxylation is 1. The van der Waals surface area contributed by atoms with Crippen molar-refractivity contribution in [3.05, 3.63) is 53.6 Å². The summed E-state index contributed by atoms with van der Waals surface area (Å²) in [6.07, 6.45) is 9.55. The zero-order valence-corrected chi connectivity index (χ0v) is 11.1. The lowest BCUT2D eigenvalue weighted by Gasteiger charge is -2.22. The quantitative estimate of drug-likeness (QED) is 0.597. The van der Waals surface area contributed by atoms with Gasteiger partial charge in [-0.15, -0.1) is 0 Å². The summed E-state index contributed by atoms with van der Waals surface area (Å²) in [7, 11) is 1.46. The zero-order valence-electron chi connectivity index (χ0n) is 11.1. The lowest BCUT2D eigenvalue weighted by atomic mass is 9.83. The Bertz CT molecular complexity index is 554. The van der Waals surface area contributed by atoms with Crippen molar-refractivity contribution < 1.29 is 9.53 Å². The molecule has 2 nitrogen and oxygen atoms in total. The molecule has 0 radical (unpaired) electrons. The van der Waals surface area contributed by atoms with Gasteiger partial charge in [0.05, 0.1) is 13.0 Å². The van der Waals surface area contributed by atoms with E-state index in [9.17, 15) is 4.79 Å². The molecule has 98 valence electrons. The fourth-order valence-electron chi connectivity index (χ4n) is 3.12. The van der Waals surface area contributed by atoms with Crippen molar-refractivity contribution >= 4 is 11.5 Å². The number of hydrogen-bond donors (Lipinski definition) is 0. The number of esters is 1. The second kappa shape index (κ2) is 5.04. The maximum atomic E-state index is 11.6. The number of rotatable bonds is 2. The van der Waals surface area contributed by atoms with Gasteiger partial charge in [-0.05, 0) is 36.0 Å². The number of fused-ring (bicyclic) bond motifs is 1. The first-order valence-corrected chi connectivity index (χ1v) is 6.84. The molecule has 0 amide bonds. The Morgan fingerprint density at radius 3 is 2.95 bits per heavy atom. The minimum absolute atomic E-state index is 0.0787. The van der Waals surface area contributed by atoms with Gasteiger partial charge in [-0.2, -0.15) is 0 Å². The first-order valence-electron chi connectivity index (χ1n) is 6.84. The van der Waals surface area contributed by atoms with Gasteiger partial charge in [0, 0.05) is 5.92 Å². The summed E-state index contributed by atoms with van der Waals surface area (Å²) in [5.41, 5.74) is 4.16. The summed E-state index contributed by atoms with van der Waals surface area (Å²) in [6, 6.07) is 8.59. The van der Waals surface area contributed by atoms with Crippen molar-refractivity contribution in [1.82, 2.24) is 0 Å². The van der Waals surface area contributed by atoms with E-state index >= 15 is 0 Å². The maximum absolute atomic E-state index is 11.6. The van der Waals surface area contributed by atoms with E-state index in [-0.39, 0.29) is 11.9 Å². The number of benzene rings is 1. The molecule has 3 rings (SSSR count). The number of ether oxygens (including phenoxy) is 1. The number of carbonyl (C=O) groups is 1. The van der Waals surface area contributed by atoms with Crippen LogP contribution in [-0.2, 0) is 16.0 Å². The molecule has 0 saturated carbocycles. The van der Waals surface area contributed by atoms with Crippen LogP contribution in [0.3, 0.4) is 0 Å². The van der Waals surface area contributed by atoms with Crippen LogP contribution in [0.5, 0.6) is 0 Å². The topological polar surface area (TPSA) is 26.3 Å². The molecular formula is C17H18O2. The van der Waals surface area contributed by atoms with Gasteiger partial charge in [0.1, 0.15) is 0 Å². The Hall–Kier alpha value is -1.83. The molecule has 2 heteroatoms. The average molecular weight is 254 g/mol. The van der Waals surface area contributed by atoms with Crippen LogP contribution in [0, 0.1) is 11.8 Å². The van der Waals surface area contributed by atoms with Crippen molar-refractivity contribution in [2.75, 3.05) is 7.11 Å². The molecule has 1 aromatic carbocycles. The number of methoxy groups -OCH3 is 1. The molecule has 0 fully saturated rings. The van der Waals surface area contributed by atoms with Crippen molar-refractivity contribution in [2.45, 2.75) is 19.3 Å². The smallest absolute Gasteiger partial charge is 0.312 e. The molecule has 0 aliphatic heterocycles. The minimum Gasteiger partial charge on any atom is -0.469 e. The van der Waals surface area contributed by atoms with Gasteiger partial charge < -0.3 is 4.74 Å². The Labute approximate surface area is 113 Å². The fraction of sp³-hybridized carbons (Fsp3) is 0.353. The molecule has 1 aromatic rings. The summed E-state index contributed by atoms with van der Waals surface area (Å²) in [5.74, 6) is 0.152. The van der Waals surface area contributed by atoms with Crippen molar-refractivity contribution in [3.63, 3.8) is 0 Å². The first-order chi connectivity index (χ1) is 9.29. The second-order valence-corrected chi connectivity index (χ2v) is 5.21. The summed E-state index contributed by atoms with van der Waals surface area (Å²) in [4.78, 5) is 11.6. The molecule has 0 saturated heterocycles. The van der Waals surface area contributed by atoms with Crippen LogP contribution in [0.2, 0.25) is 0 Å². The summed E-state index contributed by atoms with van der Waals surface area (Å²) in [6.45, 7) is 0. The first kappa shape index (κ1) is 12.2. The molecule has 0 N–H and O–H groups in total. The van der Waals surface area contributed by atoms with Crippen LogP contribution in [-0.4, -0.2) is 13.1 Å². The third kappa shape index (κ3) is 2.23.